The highest BCUT2D eigenvalue weighted by atomic mass is 79.9. The molecule has 12 heteroatoms. The molecule has 2 rings (SSSR count). The van der Waals surface area contributed by atoms with E-state index in [-0.39, 0.29) is 27.1 Å². The number of nitrogens with one attached hydrogen (secondary N) is 2. The van der Waals surface area contributed by atoms with Gasteiger partial charge in [0.2, 0.25) is 0 Å². The molecular formula is C23H20BrClF6N2OS. The molecule has 0 aliphatic carbocycles. The Morgan fingerprint density at radius 2 is 1.69 bits per heavy atom. The summed E-state index contributed by atoms with van der Waals surface area (Å²) in [6, 6.07) is 7.08. The van der Waals surface area contributed by atoms with Crippen LogP contribution in [0, 0.1) is 13.8 Å². The Morgan fingerprint density at radius 1 is 1.09 bits per heavy atom. The van der Waals surface area contributed by atoms with E-state index in [9.17, 15) is 31.1 Å². The van der Waals surface area contributed by atoms with Crippen LogP contribution < -0.4 is 10.6 Å². The lowest BCUT2D eigenvalue weighted by molar-refractivity contribution is -0.139. The number of hydrogen-bond donors (Lipinski definition) is 2. The Balaban J connectivity index is 2.15. The maximum absolute atomic E-state index is 13.8. The zero-order valence-corrected chi connectivity index (χ0v) is 21.5. The van der Waals surface area contributed by atoms with Crippen molar-refractivity contribution in [3.63, 3.8) is 0 Å². The van der Waals surface area contributed by atoms with Crippen LogP contribution in [-0.2, 0) is 0 Å². The number of carbonyl (C=O) groups is 1. The van der Waals surface area contributed by atoms with Crippen LogP contribution in [0.25, 0.3) is 6.08 Å². The van der Waals surface area contributed by atoms with Gasteiger partial charge in [0.25, 0.3) is 5.91 Å². The minimum atomic E-state index is -4.54. The molecule has 0 radical (unpaired) electrons. The van der Waals surface area contributed by atoms with E-state index < -0.39 is 30.7 Å². The summed E-state index contributed by atoms with van der Waals surface area (Å²) in [6.45, 7) is 1.64. The Bertz CT molecular complexity index is 1110. The highest BCUT2D eigenvalue weighted by molar-refractivity contribution is 9.10. The number of allylic oxidation sites excluding steroid dienone is 1. The second-order valence-corrected chi connectivity index (χ2v) is 9.39. The van der Waals surface area contributed by atoms with Crippen LogP contribution in [0.2, 0.25) is 5.02 Å². The lowest BCUT2D eigenvalue weighted by atomic mass is 9.94. The average Bonchev–Trinajstić information content (AvgIpc) is 2.73. The summed E-state index contributed by atoms with van der Waals surface area (Å²) in [5.41, 5.74) is 1.66. The van der Waals surface area contributed by atoms with E-state index in [0.717, 1.165) is 6.08 Å². The number of halogens is 8. The Kier molecular flexibility index (Phi) is 9.78. The van der Waals surface area contributed by atoms with Gasteiger partial charge in [-0.25, -0.2) is 0 Å². The third kappa shape index (κ3) is 8.80. The minimum Gasteiger partial charge on any atom is -0.369 e. The van der Waals surface area contributed by atoms with Gasteiger partial charge in [-0.3, -0.25) is 4.79 Å². The monoisotopic (exact) mass is 600 g/mol. The molecule has 3 nitrogen and oxygen atoms in total. The maximum atomic E-state index is 13.8. The molecule has 1 amide bonds. The summed E-state index contributed by atoms with van der Waals surface area (Å²) < 4.78 is 78.2. The highest BCUT2D eigenvalue weighted by Crippen LogP contribution is 2.38. The molecule has 1 atom stereocenters. The van der Waals surface area contributed by atoms with Crippen LogP contribution in [0.3, 0.4) is 0 Å². The summed E-state index contributed by atoms with van der Waals surface area (Å²) in [4.78, 5) is 12.1. The summed E-state index contributed by atoms with van der Waals surface area (Å²) in [5, 5.41) is 4.78. The molecule has 0 aliphatic heterocycles. The predicted molar refractivity (Wildman–Crippen MR) is 132 cm³/mol. The Hall–Kier alpha value is -2.11. The van der Waals surface area contributed by atoms with Crippen molar-refractivity contribution in [3.8, 4) is 0 Å². The van der Waals surface area contributed by atoms with E-state index in [2.05, 4.69) is 21.2 Å². The molecule has 0 heterocycles. The Labute approximate surface area is 217 Å². The summed E-state index contributed by atoms with van der Waals surface area (Å²) in [7, 11) is 0. The zero-order chi connectivity index (χ0) is 26.6. The first-order valence-corrected chi connectivity index (χ1v) is 11.6. The van der Waals surface area contributed by atoms with Gasteiger partial charge in [0, 0.05) is 9.50 Å². The average molecular weight is 602 g/mol. The van der Waals surface area contributed by atoms with Crippen LogP contribution in [0.4, 0.5) is 26.3 Å². The third-order valence-electron chi connectivity index (χ3n) is 4.78. The first kappa shape index (κ1) is 29.1. The van der Waals surface area contributed by atoms with Gasteiger partial charge in [-0.15, -0.1) is 0 Å². The van der Waals surface area contributed by atoms with Gasteiger partial charge in [0.15, 0.2) is 0 Å². The fourth-order valence-corrected chi connectivity index (χ4v) is 3.94. The molecule has 0 saturated heterocycles. The fourth-order valence-electron chi connectivity index (χ4n) is 3.11. The van der Waals surface area contributed by atoms with Crippen molar-refractivity contribution in [3.05, 3.63) is 73.7 Å². The molecule has 2 aromatic carbocycles. The van der Waals surface area contributed by atoms with Gasteiger partial charge >= 0.3 is 12.4 Å². The van der Waals surface area contributed by atoms with Crippen molar-refractivity contribution >= 4 is 56.7 Å². The van der Waals surface area contributed by atoms with E-state index in [4.69, 9.17) is 23.8 Å². The number of carbonyl (C=O) groups excluding carboxylic acids is 1. The number of alkyl halides is 6. The molecule has 2 aromatic rings. The van der Waals surface area contributed by atoms with Gasteiger partial charge in [-0.1, -0.05) is 54.2 Å². The molecule has 0 fully saturated rings. The highest BCUT2D eigenvalue weighted by Gasteiger charge is 2.39. The summed E-state index contributed by atoms with van der Waals surface area (Å²) >= 11 is 14.0. The van der Waals surface area contributed by atoms with Crippen molar-refractivity contribution in [1.29, 1.82) is 0 Å². The number of aryl methyl sites for hydroxylation is 2. The number of amides is 1. The fraction of sp³-hybridized carbons (Fsp3) is 0.304. The quantitative estimate of drug-likeness (QED) is 0.259. The van der Waals surface area contributed by atoms with Gasteiger partial charge in [-0.05, 0) is 64.2 Å². The molecule has 2 N–H and O–H groups in total. The van der Waals surface area contributed by atoms with Gasteiger partial charge in [0.05, 0.1) is 23.0 Å². The van der Waals surface area contributed by atoms with Crippen LogP contribution in [0.5, 0.6) is 0 Å². The van der Waals surface area contributed by atoms with Crippen molar-refractivity contribution < 1.29 is 31.1 Å². The standard InChI is InChI=1S/C23H20BrClF6N2OS/c1-12-7-15(8-13(2)20(12)25)17(23(29,30)31)6-4-14-3-5-16(18(24)9-14)21(34)32-10-19(35)33-11-22(26,27)28/h3-9,17H,10-11H2,1-2H3,(H,32,34)(H,33,35)/b6-4+. The van der Waals surface area contributed by atoms with E-state index >= 15 is 0 Å². The molecule has 1 unspecified atom stereocenters. The van der Waals surface area contributed by atoms with Gasteiger partial charge in [0.1, 0.15) is 6.54 Å². The predicted octanol–water partition coefficient (Wildman–Crippen LogP) is 7.29. The molecule has 0 spiro atoms. The number of hydrogen-bond acceptors (Lipinski definition) is 2. The van der Waals surface area contributed by atoms with Gasteiger partial charge < -0.3 is 10.6 Å². The first-order chi connectivity index (χ1) is 16.1. The molecule has 35 heavy (non-hydrogen) atoms. The van der Waals surface area contributed by atoms with E-state index in [1.807, 2.05) is 5.32 Å². The van der Waals surface area contributed by atoms with E-state index in [1.165, 1.54) is 36.4 Å². The van der Waals surface area contributed by atoms with Crippen molar-refractivity contribution in [2.75, 3.05) is 13.1 Å². The maximum Gasteiger partial charge on any atom is 0.405 e. The number of rotatable bonds is 7. The van der Waals surface area contributed by atoms with Crippen molar-refractivity contribution in [2.45, 2.75) is 32.1 Å². The third-order valence-corrected chi connectivity index (χ3v) is 6.33. The second kappa shape index (κ2) is 11.7. The molecular weight excluding hydrogens is 582 g/mol. The molecule has 190 valence electrons. The topological polar surface area (TPSA) is 41.1 Å². The molecule has 0 bridgehead atoms. The SMILES string of the molecule is Cc1cc(C(/C=C/c2ccc(C(=O)NCC(=S)NCC(F)(F)F)c(Br)c2)C(F)(F)F)cc(C)c1Cl. The lowest BCUT2D eigenvalue weighted by Gasteiger charge is -2.19. The minimum absolute atomic E-state index is 0.0540. The summed E-state index contributed by atoms with van der Waals surface area (Å²) in [6.07, 6.45) is -6.68. The Morgan fingerprint density at radius 3 is 2.20 bits per heavy atom. The van der Waals surface area contributed by atoms with Crippen LogP contribution in [-0.4, -0.2) is 36.3 Å². The first-order valence-electron chi connectivity index (χ1n) is 10.0. The largest absolute Gasteiger partial charge is 0.405 e. The van der Waals surface area contributed by atoms with Crippen molar-refractivity contribution in [1.82, 2.24) is 10.6 Å². The van der Waals surface area contributed by atoms with Crippen LogP contribution in [0.1, 0.15) is 38.5 Å². The normalized spacial score (nSPS) is 13.1. The molecule has 0 aliphatic rings. The smallest absolute Gasteiger partial charge is 0.369 e. The molecule has 0 aromatic heterocycles. The second-order valence-electron chi connectivity index (χ2n) is 7.66. The number of benzene rings is 2. The lowest BCUT2D eigenvalue weighted by Crippen LogP contribution is -2.39. The van der Waals surface area contributed by atoms with Crippen molar-refractivity contribution in [2.24, 2.45) is 0 Å². The summed E-state index contributed by atoms with van der Waals surface area (Å²) in [5.74, 6) is -2.49. The molecule has 0 saturated carbocycles. The number of thiocarbonyl (C=S) groups is 1. The van der Waals surface area contributed by atoms with Gasteiger partial charge in [-0.2, -0.15) is 26.3 Å². The van der Waals surface area contributed by atoms with Crippen LogP contribution in [0.15, 0.2) is 40.9 Å². The van der Waals surface area contributed by atoms with E-state index in [0.29, 0.717) is 21.7 Å². The zero-order valence-electron chi connectivity index (χ0n) is 18.4. The van der Waals surface area contributed by atoms with E-state index in [1.54, 1.807) is 13.8 Å². The van der Waals surface area contributed by atoms with Crippen LogP contribution >= 0.6 is 39.7 Å².